The molecule has 352 valence electrons. The van der Waals surface area contributed by atoms with Gasteiger partial charge in [-0.1, -0.05) is 181 Å². The third kappa shape index (κ3) is 46.2. The highest BCUT2D eigenvalue weighted by molar-refractivity contribution is 7.47. The van der Waals surface area contributed by atoms with Gasteiger partial charge in [-0.15, -0.1) is 0 Å². The first kappa shape index (κ1) is 58.7. The van der Waals surface area contributed by atoms with E-state index in [1.165, 1.54) is 38.5 Å². The van der Waals surface area contributed by atoms with Crippen molar-refractivity contribution in [2.75, 3.05) is 19.8 Å². The number of hydrogen-bond acceptors (Lipinski definition) is 7. The summed E-state index contributed by atoms with van der Waals surface area (Å²) in [4.78, 5) is 34.9. The molecule has 8 nitrogen and oxygen atoms in total. The van der Waals surface area contributed by atoms with Crippen LogP contribution in [0.4, 0.5) is 0 Å². The molecule has 0 saturated carbocycles. The van der Waals surface area contributed by atoms with Gasteiger partial charge in [0.25, 0.3) is 0 Å². The van der Waals surface area contributed by atoms with Gasteiger partial charge in [0.15, 0.2) is 6.10 Å². The number of carbonyl (C=O) groups is 2. The molecule has 2 atom stereocenters. The van der Waals surface area contributed by atoms with Gasteiger partial charge in [0.05, 0.1) is 13.2 Å². The van der Waals surface area contributed by atoms with Crippen molar-refractivity contribution < 1.29 is 37.6 Å². The molecule has 0 bridgehead atoms. The lowest BCUT2D eigenvalue weighted by Gasteiger charge is -2.19. The lowest BCUT2D eigenvalue weighted by atomic mass is 10.1. The molecule has 2 unspecified atom stereocenters. The van der Waals surface area contributed by atoms with E-state index in [0.29, 0.717) is 6.42 Å². The number of esters is 2. The van der Waals surface area contributed by atoms with E-state index in [0.717, 1.165) is 109 Å². The summed E-state index contributed by atoms with van der Waals surface area (Å²) < 4.78 is 32.7. The smallest absolute Gasteiger partial charge is 0.462 e. The van der Waals surface area contributed by atoms with Crippen molar-refractivity contribution in [2.45, 2.75) is 194 Å². The zero-order valence-corrected chi connectivity index (χ0v) is 40.1. The lowest BCUT2D eigenvalue weighted by Crippen LogP contribution is -2.29. The van der Waals surface area contributed by atoms with Gasteiger partial charge in [-0.3, -0.25) is 18.6 Å². The third-order valence-electron chi connectivity index (χ3n) is 9.57. The van der Waals surface area contributed by atoms with Crippen LogP contribution in [0.25, 0.3) is 0 Å². The first-order valence-electron chi connectivity index (χ1n) is 24.2. The van der Waals surface area contributed by atoms with Crippen molar-refractivity contribution in [3.8, 4) is 0 Å². The van der Waals surface area contributed by atoms with Gasteiger partial charge in [-0.2, -0.15) is 0 Å². The molecule has 0 aromatic rings. The van der Waals surface area contributed by atoms with Gasteiger partial charge < -0.3 is 14.4 Å². The standard InChI is InChI=1S/C53H87O8P/c1-4-7-9-11-13-15-17-19-21-23-25-26-27-28-30-31-33-35-37-39-41-43-45-47-52(54)58-49-51(50-60-62(56,57)59-6-3)61-53(55)48-46-44-42-40-38-36-34-32-29-24-22-20-18-16-14-12-10-8-5-2/h7-10,13-16,19-22,25-26,29,32,36,38,51H,4-6,11-12,17-18,23-24,27-28,30-31,33-35,37,39-50H2,1-3H3,(H,56,57)/b9-7-,10-8-,15-13-,16-14-,21-19-,22-20-,26-25-,32-29-,38-36-. The molecule has 0 heterocycles. The molecule has 0 rings (SSSR count). The highest BCUT2D eigenvalue weighted by Gasteiger charge is 2.25. The molecule has 0 aliphatic heterocycles. The van der Waals surface area contributed by atoms with Crippen molar-refractivity contribution in [1.29, 1.82) is 0 Å². The molecule has 0 amide bonds. The first-order valence-corrected chi connectivity index (χ1v) is 25.7. The van der Waals surface area contributed by atoms with Gasteiger partial charge in [0.2, 0.25) is 0 Å². The van der Waals surface area contributed by atoms with E-state index in [9.17, 15) is 19.0 Å². The van der Waals surface area contributed by atoms with Crippen molar-refractivity contribution >= 4 is 19.8 Å². The predicted molar refractivity (Wildman–Crippen MR) is 262 cm³/mol. The van der Waals surface area contributed by atoms with Gasteiger partial charge >= 0.3 is 19.8 Å². The number of phosphoric ester groups is 1. The number of rotatable bonds is 43. The zero-order chi connectivity index (χ0) is 45.3. The second-order valence-electron chi connectivity index (χ2n) is 15.4. The quantitative estimate of drug-likeness (QED) is 0.0279. The number of unbranched alkanes of at least 4 members (excludes halogenated alkanes) is 13. The Labute approximate surface area is 379 Å². The Bertz CT molecular complexity index is 1370. The Morgan fingerprint density at radius 1 is 0.435 bits per heavy atom. The SMILES string of the molecule is CC/C=C\C/C=C\C/C=C\C/C=C\C/C=C\CCCCCC(=O)OC(COC(=O)CCCCCCCCCCCC/C=C\C/C=C\C/C=C\C/C=C\CC)COP(=O)(O)OCC. The van der Waals surface area contributed by atoms with Gasteiger partial charge in [0, 0.05) is 12.8 Å². The number of ether oxygens (including phenoxy) is 2. The number of allylic oxidation sites excluding steroid dienone is 18. The van der Waals surface area contributed by atoms with Crippen molar-refractivity contribution in [2.24, 2.45) is 0 Å². The maximum absolute atomic E-state index is 12.6. The normalized spacial score (nSPS) is 14.2. The fourth-order valence-corrected chi connectivity index (χ4v) is 6.87. The average Bonchev–Trinajstić information content (AvgIpc) is 3.25. The summed E-state index contributed by atoms with van der Waals surface area (Å²) in [6.07, 6.45) is 64.3. The summed E-state index contributed by atoms with van der Waals surface area (Å²) in [5.41, 5.74) is 0. The van der Waals surface area contributed by atoms with Crippen LogP contribution in [0, 0.1) is 0 Å². The van der Waals surface area contributed by atoms with Crippen LogP contribution in [0.1, 0.15) is 188 Å². The van der Waals surface area contributed by atoms with Gasteiger partial charge in [-0.25, -0.2) is 4.57 Å². The zero-order valence-electron chi connectivity index (χ0n) is 39.2. The molecule has 0 fully saturated rings. The van der Waals surface area contributed by atoms with Crippen LogP contribution in [0.15, 0.2) is 109 Å². The molecule has 0 radical (unpaired) electrons. The highest BCUT2D eigenvalue weighted by Crippen LogP contribution is 2.43. The number of hydrogen-bond donors (Lipinski definition) is 1. The molecular weight excluding hydrogens is 796 g/mol. The summed E-state index contributed by atoms with van der Waals surface area (Å²) in [6.45, 7) is 5.20. The number of phosphoric acid groups is 1. The highest BCUT2D eigenvalue weighted by atomic mass is 31.2. The molecule has 0 aliphatic carbocycles. The fraction of sp³-hybridized carbons (Fsp3) is 0.623. The molecule has 0 aliphatic rings. The van der Waals surface area contributed by atoms with Crippen LogP contribution in [-0.2, 0) is 32.7 Å². The molecule has 0 saturated heterocycles. The largest absolute Gasteiger partial charge is 0.472 e. The summed E-state index contributed by atoms with van der Waals surface area (Å²) >= 11 is 0. The molecule has 0 aromatic carbocycles. The average molecular weight is 883 g/mol. The van der Waals surface area contributed by atoms with E-state index in [1.54, 1.807) is 6.92 Å². The maximum atomic E-state index is 12.6. The van der Waals surface area contributed by atoms with E-state index >= 15 is 0 Å². The monoisotopic (exact) mass is 883 g/mol. The fourth-order valence-electron chi connectivity index (χ4n) is 6.12. The molecular formula is C53H87O8P. The van der Waals surface area contributed by atoms with E-state index in [4.69, 9.17) is 18.5 Å². The Hall–Kier alpha value is -3.29. The minimum absolute atomic E-state index is 0.0133. The predicted octanol–water partition coefficient (Wildman–Crippen LogP) is 15.8. The van der Waals surface area contributed by atoms with E-state index in [-0.39, 0.29) is 32.0 Å². The Kier molecular flexibility index (Phi) is 44.7. The Morgan fingerprint density at radius 3 is 1.18 bits per heavy atom. The van der Waals surface area contributed by atoms with Crippen LogP contribution in [0.3, 0.4) is 0 Å². The second kappa shape index (κ2) is 47.2. The van der Waals surface area contributed by atoms with Crippen LogP contribution >= 0.6 is 7.82 Å². The number of carbonyl (C=O) groups excluding carboxylic acids is 2. The van der Waals surface area contributed by atoms with Crippen LogP contribution < -0.4 is 0 Å². The summed E-state index contributed by atoms with van der Waals surface area (Å²) in [5, 5.41) is 0. The van der Waals surface area contributed by atoms with Crippen molar-refractivity contribution in [3.63, 3.8) is 0 Å². The van der Waals surface area contributed by atoms with E-state index < -0.39 is 26.5 Å². The van der Waals surface area contributed by atoms with Crippen LogP contribution in [-0.4, -0.2) is 42.8 Å². The Balaban J connectivity index is 4.10. The lowest BCUT2D eigenvalue weighted by molar-refractivity contribution is -0.161. The van der Waals surface area contributed by atoms with Crippen LogP contribution in [0.2, 0.25) is 0 Å². The van der Waals surface area contributed by atoms with E-state index in [2.05, 4.69) is 123 Å². The van der Waals surface area contributed by atoms with Crippen molar-refractivity contribution in [1.82, 2.24) is 0 Å². The molecule has 9 heteroatoms. The molecule has 62 heavy (non-hydrogen) atoms. The van der Waals surface area contributed by atoms with Crippen LogP contribution in [0.5, 0.6) is 0 Å². The maximum Gasteiger partial charge on any atom is 0.472 e. The second-order valence-corrected chi connectivity index (χ2v) is 16.8. The minimum atomic E-state index is -4.30. The Morgan fingerprint density at radius 2 is 0.774 bits per heavy atom. The van der Waals surface area contributed by atoms with E-state index in [1.807, 2.05) is 0 Å². The third-order valence-corrected chi connectivity index (χ3v) is 10.6. The molecule has 1 N–H and O–H groups in total. The molecule has 0 aromatic heterocycles. The van der Waals surface area contributed by atoms with Gasteiger partial charge in [0.1, 0.15) is 6.61 Å². The molecule has 0 spiro atoms. The van der Waals surface area contributed by atoms with Gasteiger partial charge in [-0.05, 0) is 103 Å². The first-order chi connectivity index (χ1) is 30.3. The topological polar surface area (TPSA) is 108 Å². The summed E-state index contributed by atoms with van der Waals surface area (Å²) in [6, 6.07) is 0. The summed E-state index contributed by atoms with van der Waals surface area (Å²) in [5.74, 6) is -0.848. The summed E-state index contributed by atoms with van der Waals surface area (Å²) in [7, 11) is -4.30. The minimum Gasteiger partial charge on any atom is -0.462 e. The van der Waals surface area contributed by atoms with Crippen molar-refractivity contribution in [3.05, 3.63) is 109 Å².